The summed E-state index contributed by atoms with van der Waals surface area (Å²) in [4.78, 5) is 0. The predicted molar refractivity (Wildman–Crippen MR) is 40.1 cm³/mol. The molecule has 0 saturated heterocycles. The van der Waals surface area contributed by atoms with Crippen LogP contribution < -0.4 is 5.73 Å². The minimum atomic E-state index is 0.182. The molecule has 0 bridgehead atoms. The highest BCUT2D eigenvalue weighted by Crippen LogP contribution is 2.25. The first-order valence-corrected chi connectivity index (χ1v) is 3.62. The van der Waals surface area contributed by atoms with E-state index in [4.69, 9.17) is 10.5 Å². The Labute approximate surface area is 60.4 Å². The van der Waals surface area contributed by atoms with Gasteiger partial charge in [0.15, 0.2) is 0 Å². The van der Waals surface area contributed by atoms with Gasteiger partial charge in [0.05, 0.1) is 6.61 Å². The van der Waals surface area contributed by atoms with E-state index in [1.165, 1.54) is 19.3 Å². The molecule has 1 aliphatic carbocycles. The molecule has 2 nitrogen and oxygen atoms in total. The van der Waals surface area contributed by atoms with Crippen LogP contribution in [0.4, 0.5) is 0 Å². The van der Waals surface area contributed by atoms with Gasteiger partial charge in [0.1, 0.15) is 0 Å². The molecule has 0 aromatic rings. The Balaban J connectivity index is 1.97. The molecule has 0 radical (unpaired) electrons. The summed E-state index contributed by atoms with van der Waals surface area (Å²) in [6, 6.07) is 0. The van der Waals surface area contributed by atoms with Crippen molar-refractivity contribution in [1.29, 1.82) is 0 Å². The molecule has 1 fully saturated rings. The standard InChI is InChI=1S/C6H11NOS/c7-6(9)8-4-5-2-1-3-5/h5H,1-4H2,(H2,7,9). The lowest BCUT2D eigenvalue weighted by Gasteiger charge is -2.24. The maximum absolute atomic E-state index is 5.13. The van der Waals surface area contributed by atoms with Crippen LogP contribution >= 0.6 is 12.2 Å². The molecule has 0 unspecified atom stereocenters. The fraction of sp³-hybridized carbons (Fsp3) is 0.833. The number of hydrogen-bond acceptors (Lipinski definition) is 2. The topological polar surface area (TPSA) is 35.2 Å². The number of ether oxygens (including phenoxy) is 1. The van der Waals surface area contributed by atoms with Crippen LogP contribution in [0.5, 0.6) is 0 Å². The summed E-state index contributed by atoms with van der Waals surface area (Å²) in [5, 5.41) is 0.182. The summed E-state index contributed by atoms with van der Waals surface area (Å²) in [5.41, 5.74) is 5.13. The molecule has 0 amide bonds. The third kappa shape index (κ3) is 2.18. The monoisotopic (exact) mass is 145 g/mol. The Morgan fingerprint density at radius 2 is 2.33 bits per heavy atom. The summed E-state index contributed by atoms with van der Waals surface area (Å²) >= 11 is 4.54. The quantitative estimate of drug-likeness (QED) is 0.590. The van der Waals surface area contributed by atoms with E-state index in [0.29, 0.717) is 0 Å². The lowest BCUT2D eigenvalue weighted by molar-refractivity contribution is 0.173. The van der Waals surface area contributed by atoms with Gasteiger partial charge in [-0.2, -0.15) is 0 Å². The van der Waals surface area contributed by atoms with Crippen LogP contribution in [0, 0.1) is 5.92 Å². The van der Waals surface area contributed by atoms with Crippen molar-refractivity contribution in [2.45, 2.75) is 19.3 Å². The van der Waals surface area contributed by atoms with Crippen LogP contribution in [0.25, 0.3) is 0 Å². The van der Waals surface area contributed by atoms with Gasteiger partial charge in [0.25, 0.3) is 5.17 Å². The first kappa shape index (κ1) is 6.81. The average molecular weight is 145 g/mol. The highest BCUT2D eigenvalue weighted by Gasteiger charge is 2.17. The zero-order chi connectivity index (χ0) is 6.69. The Kier molecular flexibility index (Phi) is 2.28. The van der Waals surface area contributed by atoms with Gasteiger partial charge in [0, 0.05) is 0 Å². The number of thiocarbonyl (C=S) groups is 1. The summed E-state index contributed by atoms with van der Waals surface area (Å²) in [6.07, 6.45) is 3.90. The molecule has 9 heavy (non-hydrogen) atoms. The molecule has 0 spiro atoms. The second-order valence-electron chi connectivity index (χ2n) is 2.43. The lowest BCUT2D eigenvalue weighted by Crippen LogP contribution is -2.22. The van der Waals surface area contributed by atoms with Crippen LogP contribution in [0.15, 0.2) is 0 Å². The SMILES string of the molecule is NC(=S)OCC1CCC1. The number of rotatable bonds is 2. The fourth-order valence-electron chi connectivity index (χ4n) is 0.859. The van der Waals surface area contributed by atoms with Crippen molar-refractivity contribution in [3.63, 3.8) is 0 Å². The van der Waals surface area contributed by atoms with Gasteiger partial charge in [-0.1, -0.05) is 6.42 Å². The van der Waals surface area contributed by atoms with Gasteiger partial charge in [-0.3, -0.25) is 0 Å². The van der Waals surface area contributed by atoms with Gasteiger partial charge >= 0.3 is 0 Å². The van der Waals surface area contributed by atoms with Crippen molar-refractivity contribution in [2.75, 3.05) is 6.61 Å². The van der Waals surface area contributed by atoms with E-state index in [9.17, 15) is 0 Å². The summed E-state index contributed by atoms with van der Waals surface area (Å²) in [7, 11) is 0. The van der Waals surface area contributed by atoms with Crippen LogP contribution in [-0.4, -0.2) is 11.8 Å². The lowest BCUT2D eigenvalue weighted by atomic mass is 9.86. The fourth-order valence-corrected chi connectivity index (χ4v) is 0.927. The zero-order valence-electron chi connectivity index (χ0n) is 5.30. The van der Waals surface area contributed by atoms with Gasteiger partial charge in [0.2, 0.25) is 0 Å². The molecule has 1 rings (SSSR count). The molecule has 3 heteroatoms. The van der Waals surface area contributed by atoms with E-state index in [0.717, 1.165) is 12.5 Å². The molecule has 0 aliphatic heterocycles. The molecular weight excluding hydrogens is 134 g/mol. The summed E-state index contributed by atoms with van der Waals surface area (Å²) in [6.45, 7) is 0.731. The van der Waals surface area contributed by atoms with Gasteiger partial charge in [-0.15, -0.1) is 0 Å². The van der Waals surface area contributed by atoms with Gasteiger partial charge in [-0.25, -0.2) is 0 Å². The summed E-state index contributed by atoms with van der Waals surface area (Å²) < 4.78 is 4.96. The highest BCUT2D eigenvalue weighted by molar-refractivity contribution is 7.80. The molecule has 52 valence electrons. The van der Waals surface area contributed by atoms with Crippen molar-refractivity contribution in [1.82, 2.24) is 0 Å². The van der Waals surface area contributed by atoms with Gasteiger partial charge in [-0.05, 0) is 31.0 Å². The van der Waals surface area contributed by atoms with Crippen molar-refractivity contribution in [3.8, 4) is 0 Å². The third-order valence-electron chi connectivity index (χ3n) is 1.69. The van der Waals surface area contributed by atoms with E-state index < -0.39 is 0 Å². The average Bonchev–Trinajstić information content (AvgIpc) is 1.60. The Morgan fingerprint density at radius 3 is 2.67 bits per heavy atom. The van der Waals surface area contributed by atoms with E-state index in [1.54, 1.807) is 0 Å². The second kappa shape index (κ2) is 3.01. The third-order valence-corrected chi connectivity index (χ3v) is 1.80. The molecule has 0 heterocycles. The van der Waals surface area contributed by atoms with Crippen molar-refractivity contribution < 1.29 is 4.74 Å². The van der Waals surface area contributed by atoms with Crippen LogP contribution in [0.3, 0.4) is 0 Å². The van der Waals surface area contributed by atoms with Crippen molar-refractivity contribution in [2.24, 2.45) is 11.7 Å². The number of hydrogen-bond donors (Lipinski definition) is 1. The minimum absolute atomic E-state index is 0.182. The van der Waals surface area contributed by atoms with Crippen LogP contribution in [0.2, 0.25) is 0 Å². The zero-order valence-corrected chi connectivity index (χ0v) is 6.12. The molecule has 0 aromatic carbocycles. The smallest absolute Gasteiger partial charge is 0.253 e. The van der Waals surface area contributed by atoms with Crippen molar-refractivity contribution in [3.05, 3.63) is 0 Å². The molecule has 1 saturated carbocycles. The van der Waals surface area contributed by atoms with E-state index in [2.05, 4.69) is 12.2 Å². The highest BCUT2D eigenvalue weighted by atomic mass is 32.1. The Bertz CT molecular complexity index is 112. The van der Waals surface area contributed by atoms with E-state index in [1.807, 2.05) is 0 Å². The molecule has 2 N–H and O–H groups in total. The molecule has 0 atom stereocenters. The first-order valence-electron chi connectivity index (χ1n) is 3.21. The molecule has 0 aromatic heterocycles. The van der Waals surface area contributed by atoms with Crippen LogP contribution in [0.1, 0.15) is 19.3 Å². The van der Waals surface area contributed by atoms with Crippen molar-refractivity contribution >= 4 is 17.4 Å². The van der Waals surface area contributed by atoms with Gasteiger partial charge < -0.3 is 10.5 Å². The minimum Gasteiger partial charge on any atom is -0.471 e. The normalized spacial score (nSPS) is 18.7. The van der Waals surface area contributed by atoms with E-state index >= 15 is 0 Å². The maximum atomic E-state index is 5.13. The molecular formula is C6H11NOS. The van der Waals surface area contributed by atoms with Crippen LogP contribution in [-0.2, 0) is 4.74 Å². The Hall–Kier alpha value is -0.310. The summed E-state index contributed by atoms with van der Waals surface area (Å²) in [5.74, 6) is 0.728. The maximum Gasteiger partial charge on any atom is 0.253 e. The predicted octanol–water partition coefficient (Wildman–Crippen LogP) is 1.05. The number of nitrogens with two attached hydrogens (primary N) is 1. The second-order valence-corrected chi connectivity index (χ2v) is 2.83. The van der Waals surface area contributed by atoms with E-state index in [-0.39, 0.29) is 5.17 Å². The largest absolute Gasteiger partial charge is 0.471 e. The molecule has 1 aliphatic rings. The Morgan fingerprint density at radius 1 is 1.67 bits per heavy atom. The first-order chi connectivity index (χ1) is 4.29.